The van der Waals surface area contributed by atoms with E-state index in [1.165, 1.54) is 5.56 Å². The number of hydrogen-bond acceptors (Lipinski definition) is 3. The first kappa shape index (κ1) is 12.7. The van der Waals surface area contributed by atoms with E-state index in [2.05, 4.69) is 6.07 Å². The van der Waals surface area contributed by atoms with Gasteiger partial charge in [-0.3, -0.25) is 0 Å². The predicted octanol–water partition coefficient (Wildman–Crippen LogP) is 3.12. The third kappa shape index (κ3) is 2.52. The van der Waals surface area contributed by atoms with E-state index in [0.29, 0.717) is 12.2 Å². The van der Waals surface area contributed by atoms with Crippen LogP contribution >= 0.6 is 0 Å². The quantitative estimate of drug-likeness (QED) is 0.927. The number of ether oxygens (including phenoxy) is 1. The monoisotopic (exact) mass is 265 g/mol. The molecule has 1 aliphatic carbocycles. The third-order valence-electron chi connectivity index (χ3n) is 3.62. The Balaban J connectivity index is 1.71. The first-order valence-corrected chi connectivity index (χ1v) is 6.69. The van der Waals surface area contributed by atoms with Crippen molar-refractivity contribution in [3.63, 3.8) is 0 Å². The summed E-state index contributed by atoms with van der Waals surface area (Å²) in [5.41, 5.74) is 3.80. The largest absolute Gasteiger partial charge is 0.489 e. The molecule has 1 aliphatic rings. The Kier molecular flexibility index (Phi) is 3.41. The summed E-state index contributed by atoms with van der Waals surface area (Å²) in [7, 11) is 0. The van der Waals surface area contributed by atoms with Crippen LogP contribution in [0, 0.1) is 11.3 Å². The minimum atomic E-state index is -0.327. The Hall–Kier alpha value is -2.31. The fourth-order valence-electron chi connectivity index (χ4n) is 2.56. The fourth-order valence-corrected chi connectivity index (χ4v) is 2.56. The highest BCUT2D eigenvalue weighted by molar-refractivity contribution is 5.40. The third-order valence-corrected chi connectivity index (χ3v) is 3.62. The number of hydrogen-bond donors (Lipinski definition) is 1. The van der Waals surface area contributed by atoms with Gasteiger partial charge >= 0.3 is 0 Å². The zero-order valence-corrected chi connectivity index (χ0v) is 11.0. The van der Waals surface area contributed by atoms with Crippen molar-refractivity contribution >= 4 is 0 Å². The lowest BCUT2D eigenvalue weighted by atomic mass is 10.1. The van der Waals surface area contributed by atoms with Crippen molar-refractivity contribution in [2.24, 2.45) is 0 Å². The number of nitriles is 1. The molecule has 0 spiro atoms. The van der Waals surface area contributed by atoms with E-state index in [1.807, 2.05) is 36.4 Å². The van der Waals surface area contributed by atoms with Crippen LogP contribution < -0.4 is 4.74 Å². The van der Waals surface area contributed by atoms with E-state index >= 15 is 0 Å². The van der Waals surface area contributed by atoms with Gasteiger partial charge in [0, 0.05) is 0 Å². The lowest BCUT2D eigenvalue weighted by Crippen LogP contribution is -1.97. The second-order valence-electron chi connectivity index (χ2n) is 5.02. The molecule has 0 bridgehead atoms. The highest BCUT2D eigenvalue weighted by Gasteiger charge is 2.20. The summed E-state index contributed by atoms with van der Waals surface area (Å²) in [6.45, 7) is 0.441. The van der Waals surface area contributed by atoms with E-state index < -0.39 is 0 Å². The second-order valence-corrected chi connectivity index (χ2v) is 5.02. The van der Waals surface area contributed by atoms with Gasteiger partial charge in [0.05, 0.1) is 17.7 Å². The van der Waals surface area contributed by atoms with Gasteiger partial charge in [0.1, 0.15) is 12.4 Å². The molecule has 0 fully saturated rings. The number of benzene rings is 2. The molecule has 1 atom stereocenters. The molecule has 0 radical (unpaired) electrons. The molecule has 20 heavy (non-hydrogen) atoms. The van der Waals surface area contributed by atoms with E-state index in [9.17, 15) is 5.11 Å². The molecule has 3 heteroatoms. The van der Waals surface area contributed by atoms with Gasteiger partial charge in [0.15, 0.2) is 0 Å². The second kappa shape index (κ2) is 5.36. The number of aryl methyl sites for hydroxylation is 1. The Labute approximate surface area is 118 Å². The molecule has 100 valence electrons. The summed E-state index contributed by atoms with van der Waals surface area (Å²) in [6.07, 6.45) is 1.37. The first-order chi connectivity index (χ1) is 9.76. The Morgan fingerprint density at radius 2 is 2.15 bits per heavy atom. The van der Waals surface area contributed by atoms with Crippen LogP contribution in [0.5, 0.6) is 5.75 Å². The summed E-state index contributed by atoms with van der Waals surface area (Å²) < 4.78 is 5.76. The molecule has 3 nitrogen and oxygen atoms in total. The average molecular weight is 265 g/mol. The molecule has 3 rings (SSSR count). The van der Waals surface area contributed by atoms with Gasteiger partial charge in [0.2, 0.25) is 0 Å². The van der Waals surface area contributed by atoms with Crippen molar-refractivity contribution in [2.75, 3.05) is 0 Å². The smallest absolute Gasteiger partial charge is 0.120 e. The lowest BCUT2D eigenvalue weighted by molar-refractivity contribution is 0.180. The molecule has 0 saturated heterocycles. The minimum absolute atomic E-state index is 0.327. The number of nitrogens with zero attached hydrogens (tertiary/aromatic N) is 1. The molecule has 0 aliphatic heterocycles. The van der Waals surface area contributed by atoms with Crippen LogP contribution in [-0.2, 0) is 13.0 Å². The maximum absolute atomic E-state index is 9.77. The van der Waals surface area contributed by atoms with Crippen LogP contribution in [0.15, 0.2) is 42.5 Å². The molecule has 0 heterocycles. The predicted molar refractivity (Wildman–Crippen MR) is 75.2 cm³/mol. The van der Waals surface area contributed by atoms with Crippen molar-refractivity contribution in [2.45, 2.75) is 25.6 Å². The summed E-state index contributed by atoms with van der Waals surface area (Å²) in [5, 5.41) is 18.6. The number of aliphatic hydroxyl groups excluding tert-OH is 1. The number of fused-ring (bicyclic) bond motifs is 1. The van der Waals surface area contributed by atoms with E-state index in [-0.39, 0.29) is 6.10 Å². The Bertz CT molecular complexity index is 673. The van der Waals surface area contributed by atoms with Crippen LogP contribution in [0.3, 0.4) is 0 Å². The van der Waals surface area contributed by atoms with E-state index in [4.69, 9.17) is 10.00 Å². The van der Waals surface area contributed by atoms with Gasteiger partial charge in [-0.25, -0.2) is 0 Å². The Morgan fingerprint density at radius 1 is 1.25 bits per heavy atom. The maximum Gasteiger partial charge on any atom is 0.120 e. The minimum Gasteiger partial charge on any atom is -0.489 e. The van der Waals surface area contributed by atoms with Crippen LogP contribution in [0.4, 0.5) is 0 Å². The fraction of sp³-hybridized carbons (Fsp3) is 0.235. The highest BCUT2D eigenvalue weighted by atomic mass is 16.5. The molecule has 1 unspecified atom stereocenters. The van der Waals surface area contributed by atoms with Gasteiger partial charge in [-0.2, -0.15) is 5.26 Å². The highest BCUT2D eigenvalue weighted by Crippen LogP contribution is 2.33. The molecular formula is C17H15NO2. The molecule has 0 aromatic heterocycles. The van der Waals surface area contributed by atoms with Crippen molar-refractivity contribution < 1.29 is 9.84 Å². The summed E-state index contributed by atoms with van der Waals surface area (Å²) in [6, 6.07) is 15.4. The Morgan fingerprint density at radius 3 is 3.00 bits per heavy atom. The van der Waals surface area contributed by atoms with Crippen molar-refractivity contribution in [1.29, 1.82) is 5.26 Å². The standard InChI is InChI=1S/C17H15NO2/c18-10-12-2-1-3-13(8-12)11-20-15-5-6-16-14(9-15)4-7-17(16)19/h1-3,5-6,8-9,17,19H,4,7,11H2. The molecule has 1 N–H and O–H groups in total. The van der Waals surface area contributed by atoms with Crippen LogP contribution in [0.25, 0.3) is 0 Å². The molecule has 2 aromatic carbocycles. The average Bonchev–Trinajstić information content (AvgIpc) is 2.86. The number of rotatable bonds is 3. The zero-order valence-electron chi connectivity index (χ0n) is 11.0. The van der Waals surface area contributed by atoms with Gasteiger partial charge in [-0.15, -0.1) is 0 Å². The van der Waals surface area contributed by atoms with Crippen LogP contribution in [-0.4, -0.2) is 5.11 Å². The molecule has 0 saturated carbocycles. The van der Waals surface area contributed by atoms with Gasteiger partial charge in [-0.1, -0.05) is 18.2 Å². The van der Waals surface area contributed by atoms with Crippen LogP contribution in [0.1, 0.15) is 34.8 Å². The summed E-state index contributed by atoms with van der Waals surface area (Å²) >= 11 is 0. The van der Waals surface area contributed by atoms with Gasteiger partial charge in [0.25, 0.3) is 0 Å². The van der Waals surface area contributed by atoms with Gasteiger partial charge in [-0.05, 0) is 53.8 Å². The van der Waals surface area contributed by atoms with Crippen molar-refractivity contribution in [3.8, 4) is 11.8 Å². The molecular weight excluding hydrogens is 250 g/mol. The topological polar surface area (TPSA) is 53.2 Å². The maximum atomic E-state index is 9.77. The summed E-state index contributed by atoms with van der Waals surface area (Å²) in [5.74, 6) is 0.806. The zero-order chi connectivity index (χ0) is 13.9. The van der Waals surface area contributed by atoms with Crippen molar-refractivity contribution in [3.05, 3.63) is 64.7 Å². The lowest BCUT2D eigenvalue weighted by Gasteiger charge is -2.09. The van der Waals surface area contributed by atoms with Crippen LogP contribution in [0.2, 0.25) is 0 Å². The normalized spacial score (nSPS) is 16.5. The molecule has 0 amide bonds. The summed E-state index contributed by atoms with van der Waals surface area (Å²) in [4.78, 5) is 0. The molecule has 2 aromatic rings. The van der Waals surface area contributed by atoms with Gasteiger partial charge < -0.3 is 9.84 Å². The van der Waals surface area contributed by atoms with E-state index in [1.54, 1.807) is 6.07 Å². The first-order valence-electron chi connectivity index (χ1n) is 6.69. The SMILES string of the molecule is N#Cc1cccc(COc2ccc3c(c2)CCC3O)c1. The van der Waals surface area contributed by atoms with Crippen molar-refractivity contribution in [1.82, 2.24) is 0 Å². The number of aliphatic hydroxyl groups is 1. The van der Waals surface area contributed by atoms with E-state index in [0.717, 1.165) is 29.7 Å².